The van der Waals surface area contributed by atoms with Gasteiger partial charge in [0.15, 0.2) is 4.34 Å². The Morgan fingerprint density at radius 3 is 2.61 bits per heavy atom. The van der Waals surface area contributed by atoms with Gasteiger partial charge in [-0.3, -0.25) is 4.79 Å². The predicted molar refractivity (Wildman–Crippen MR) is 96.7 cm³/mol. The number of nitrogens with zero attached hydrogens (tertiary/aromatic N) is 1. The summed E-state index contributed by atoms with van der Waals surface area (Å²) < 4.78 is 0.618. The SMILES string of the molecule is Cc1ccc(C(C)(Sc2nc3cc(Cl)ccc3s2)C(=O)O)cc1. The van der Waals surface area contributed by atoms with Gasteiger partial charge in [-0.15, -0.1) is 11.3 Å². The highest BCUT2D eigenvalue weighted by Crippen LogP contribution is 2.44. The Bertz CT molecular complexity index is 876. The third-order valence-electron chi connectivity index (χ3n) is 3.63. The summed E-state index contributed by atoms with van der Waals surface area (Å²) >= 11 is 8.72. The molecule has 0 bridgehead atoms. The van der Waals surface area contributed by atoms with Crippen molar-refractivity contribution in [3.05, 3.63) is 58.6 Å². The summed E-state index contributed by atoms with van der Waals surface area (Å²) in [7, 11) is 0. The molecule has 0 radical (unpaired) electrons. The van der Waals surface area contributed by atoms with E-state index in [0.717, 1.165) is 21.3 Å². The average Bonchev–Trinajstić information content (AvgIpc) is 2.88. The van der Waals surface area contributed by atoms with Crippen LogP contribution in [0.3, 0.4) is 0 Å². The second kappa shape index (κ2) is 6.15. The van der Waals surface area contributed by atoms with Gasteiger partial charge in [0, 0.05) is 5.02 Å². The van der Waals surface area contributed by atoms with Crippen molar-refractivity contribution in [1.82, 2.24) is 4.98 Å². The lowest BCUT2D eigenvalue weighted by Crippen LogP contribution is -2.28. The topological polar surface area (TPSA) is 50.2 Å². The van der Waals surface area contributed by atoms with Crippen molar-refractivity contribution in [1.29, 1.82) is 0 Å². The lowest BCUT2D eigenvalue weighted by atomic mass is 9.99. The molecule has 0 aliphatic rings. The molecule has 1 N–H and O–H groups in total. The van der Waals surface area contributed by atoms with E-state index in [1.807, 2.05) is 43.3 Å². The van der Waals surface area contributed by atoms with Crippen molar-refractivity contribution in [2.75, 3.05) is 0 Å². The Morgan fingerprint density at radius 1 is 1.26 bits per heavy atom. The highest BCUT2D eigenvalue weighted by Gasteiger charge is 2.37. The Kier molecular flexibility index (Phi) is 4.36. The number of rotatable bonds is 4. The Hall–Kier alpha value is -1.56. The van der Waals surface area contributed by atoms with Crippen LogP contribution in [-0.4, -0.2) is 16.1 Å². The molecule has 0 spiro atoms. The lowest BCUT2D eigenvalue weighted by molar-refractivity contribution is -0.139. The highest BCUT2D eigenvalue weighted by molar-refractivity contribution is 8.02. The summed E-state index contributed by atoms with van der Waals surface area (Å²) in [6, 6.07) is 13.1. The fourth-order valence-corrected chi connectivity index (χ4v) is 4.81. The van der Waals surface area contributed by atoms with Crippen molar-refractivity contribution in [2.24, 2.45) is 0 Å². The molecule has 1 aromatic heterocycles. The molecule has 1 heterocycles. The average molecular weight is 364 g/mol. The van der Waals surface area contributed by atoms with E-state index in [1.165, 1.54) is 23.1 Å². The van der Waals surface area contributed by atoms with Crippen molar-refractivity contribution < 1.29 is 9.90 Å². The minimum absolute atomic E-state index is 0.624. The largest absolute Gasteiger partial charge is 0.480 e. The van der Waals surface area contributed by atoms with Gasteiger partial charge in [-0.1, -0.05) is 53.2 Å². The minimum Gasteiger partial charge on any atom is -0.480 e. The van der Waals surface area contributed by atoms with E-state index in [-0.39, 0.29) is 0 Å². The Balaban J connectivity index is 2.00. The van der Waals surface area contributed by atoms with Crippen LogP contribution in [0.4, 0.5) is 0 Å². The molecule has 0 amide bonds. The van der Waals surface area contributed by atoms with Gasteiger partial charge in [-0.05, 0) is 37.6 Å². The number of hydrogen-bond donors (Lipinski definition) is 1. The molecule has 0 saturated heterocycles. The first-order valence-corrected chi connectivity index (χ1v) is 8.95. The van der Waals surface area contributed by atoms with E-state index in [4.69, 9.17) is 11.6 Å². The normalized spacial score (nSPS) is 13.9. The van der Waals surface area contributed by atoms with E-state index in [1.54, 1.807) is 13.0 Å². The van der Waals surface area contributed by atoms with Gasteiger partial charge in [0.05, 0.1) is 10.2 Å². The second-order valence-corrected chi connectivity index (χ2v) is 8.53. The molecule has 1 unspecified atom stereocenters. The third kappa shape index (κ3) is 3.22. The number of hydrogen-bond acceptors (Lipinski definition) is 4. The number of carboxylic acids is 1. The maximum Gasteiger partial charge on any atom is 0.324 e. The lowest BCUT2D eigenvalue weighted by Gasteiger charge is -2.23. The fraction of sp³-hybridized carbons (Fsp3) is 0.176. The first-order valence-electron chi connectivity index (χ1n) is 6.94. The maximum absolute atomic E-state index is 11.9. The van der Waals surface area contributed by atoms with Crippen molar-refractivity contribution >= 4 is 50.9 Å². The van der Waals surface area contributed by atoms with Gasteiger partial charge in [-0.25, -0.2) is 4.98 Å². The standard InChI is InChI=1S/C17H14ClNO2S2/c1-10-3-5-11(6-4-10)17(2,15(20)21)23-16-19-13-9-12(18)7-8-14(13)22-16/h3-9H,1-2H3,(H,20,21). The van der Waals surface area contributed by atoms with Crippen LogP contribution in [0.15, 0.2) is 46.8 Å². The van der Waals surface area contributed by atoms with Crippen molar-refractivity contribution in [2.45, 2.75) is 22.9 Å². The second-order valence-electron chi connectivity index (χ2n) is 5.40. The number of thiazole rings is 1. The molecule has 6 heteroatoms. The summed E-state index contributed by atoms with van der Waals surface area (Å²) in [5.41, 5.74) is 2.64. The highest BCUT2D eigenvalue weighted by atomic mass is 35.5. The minimum atomic E-state index is -1.09. The number of benzene rings is 2. The molecule has 0 aliphatic carbocycles. The van der Waals surface area contributed by atoms with E-state index in [2.05, 4.69) is 4.98 Å². The molecule has 0 fully saturated rings. The molecule has 2 aromatic carbocycles. The molecule has 0 aliphatic heterocycles. The van der Waals surface area contributed by atoms with E-state index >= 15 is 0 Å². The quantitative estimate of drug-likeness (QED) is 0.635. The number of halogens is 1. The molecule has 118 valence electrons. The van der Waals surface area contributed by atoms with Crippen LogP contribution in [0.2, 0.25) is 5.02 Å². The Morgan fingerprint density at radius 2 is 1.96 bits per heavy atom. The first-order chi connectivity index (χ1) is 10.9. The van der Waals surface area contributed by atoms with E-state index in [0.29, 0.717) is 9.36 Å². The number of carbonyl (C=O) groups is 1. The first kappa shape index (κ1) is 16.3. The van der Waals surface area contributed by atoms with Crippen LogP contribution >= 0.6 is 34.7 Å². The van der Waals surface area contributed by atoms with E-state index in [9.17, 15) is 9.90 Å². The summed E-state index contributed by atoms with van der Waals surface area (Å²) in [5, 5.41) is 10.4. The van der Waals surface area contributed by atoms with Crippen LogP contribution in [0, 0.1) is 6.92 Å². The number of aliphatic carboxylic acids is 1. The van der Waals surface area contributed by atoms with Crippen molar-refractivity contribution in [3.8, 4) is 0 Å². The van der Waals surface area contributed by atoms with Gasteiger partial charge in [0.2, 0.25) is 0 Å². The number of fused-ring (bicyclic) bond motifs is 1. The zero-order valence-corrected chi connectivity index (χ0v) is 14.9. The predicted octanol–water partition coefficient (Wildman–Crippen LogP) is 5.35. The molecule has 23 heavy (non-hydrogen) atoms. The van der Waals surface area contributed by atoms with Crippen LogP contribution < -0.4 is 0 Å². The van der Waals surface area contributed by atoms with Gasteiger partial charge < -0.3 is 5.11 Å². The molecule has 1 atom stereocenters. The molecule has 3 rings (SSSR count). The summed E-state index contributed by atoms with van der Waals surface area (Å²) in [6.07, 6.45) is 0. The number of aryl methyl sites for hydroxylation is 1. The number of carboxylic acid groups (broad SMARTS) is 1. The van der Waals surface area contributed by atoms with Gasteiger partial charge >= 0.3 is 5.97 Å². The smallest absolute Gasteiger partial charge is 0.324 e. The van der Waals surface area contributed by atoms with Gasteiger partial charge in [-0.2, -0.15) is 0 Å². The van der Waals surface area contributed by atoms with Gasteiger partial charge in [0.1, 0.15) is 4.75 Å². The molecular formula is C17H14ClNO2S2. The van der Waals surface area contributed by atoms with Crippen LogP contribution in [0.1, 0.15) is 18.1 Å². The third-order valence-corrected chi connectivity index (χ3v) is 6.28. The number of thioether (sulfide) groups is 1. The molecular weight excluding hydrogens is 350 g/mol. The summed E-state index contributed by atoms with van der Waals surface area (Å²) in [5.74, 6) is -0.886. The molecule has 3 aromatic rings. The van der Waals surface area contributed by atoms with Gasteiger partial charge in [0.25, 0.3) is 0 Å². The molecule has 0 saturated carbocycles. The number of aromatic nitrogens is 1. The zero-order chi connectivity index (χ0) is 16.6. The Labute approximate surface area is 147 Å². The fourth-order valence-electron chi connectivity index (χ4n) is 2.20. The van der Waals surface area contributed by atoms with E-state index < -0.39 is 10.7 Å². The van der Waals surface area contributed by atoms with Crippen LogP contribution in [-0.2, 0) is 9.54 Å². The zero-order valence-electron chi connectivity index (χ0n) is 12.5. The van der Waals surface area contributed by atoms with Crippen LogP contribution in [0.5, 0.6) is 0 Å². The maximum atomic E-state index is 11.9. The summed E-state index contributed by atoms with van der Waals surface area (Å²) in [6.45, 7) is 3.69. The summed E-state index contributed by atoms with van der Waals surface area (Å²) in [4.78, 5) is 16.4. The van der Waals surface area contributed by atoms with Crippen molar-refractivity contribution in [3.63, 3.8) is 0 Å². The molecule has 3 nitrogen and oxygen atoms in total. The monoisotopic (exact) mass is 363 g/mol. The van der Waals surface area contributed by atoms with Crippen LogP contribution in [0.25, 0.3) is 10.2 Å².